The summed E-state index contributed by atoms with van der Waals surface area (Å²) in [6.07, 6.45) is 5.96. The van der Waals surface area contributed by atoms with Crippen LogP contribution in [0.25, 0.3) is 0 Å². The third-order valence-electron chi connectivity index (χ3n) is 4.02. The molecule has 0 bridgehead atoms. The third kappa shape index (κ3) is 4.09. The first-order valence-electron chi connectivity index (χ1n) is 6.23. The maximum atomic E-state index is 11.4. The van der Waals surface area contributed by atoms with Crippen LogP contribution in [-0.4, -0.2) is 45.2 Å². The first-order valence-corrected chi connectivity index (χ1v) is 8.08. The van der Waals surface area contributed by atoms with Crippen LogP contribution in [-0.2, 0) is 10.0 Å². The van der Waals surface area contributed by atoms with Gasteiger partial charge in [0.25, 0.3) is 0 Å². The summed E-state index contributed by atoms with van der Waals surface area (Å²) in [6.45, 7) is 3.73. The minimum absolute atomic E-state index is 0. The molecule has 2 heterocycles. The summed E-state index contributed by atoms with van der Waals surface area (Å²) >= 11 is 0. The Balaban J connectivity index is 0.00000144. The van der Waals surface area contributed by atoms with E-state index in [9.17, 15) is 8.42 Å². The van der Waals surface area contributed by atoms with Gasteiger partial charge < -0.3 is 5.32 Å². The molecule has 0 aromatic heterocycles. The predicted molar refractivity (Wildman–Crippen MR) is 72.0 cm³/mol. The number of halogens is 1. The minimum atomic E-state index is -2.96. The van der Waals surface area contributed by atoms with E-state index in [4.69, 9.17) is 0 Å². The quantitative estimate of drug-likeness (QED) is 0.825. The number of nitrogens with one attached hydrogen (secondary N) is 1. The Hall–Kier alpha value is 0.160. The van der Waals surface area contributed by atoms with Crippen LogP contribution >= 0.6 is 12.4 Å². The van der Waals surface area contributed by atoms with E-state index in [0.29, 0.717) is 0 Å². The van der Waals surface area contributed by atoms with E-state index in [-0.39, 0.29) is 12.4 Å². The second-order valence-corrected chi connectivity index (χ2v) is 7.07. The van der Waals surface area contributed by atoms with Gasteiger partial charge in [-0.1, -0.05) is 0 Å². The number of hydrogen-bond acceptors (Lipinski definition) is 3. The van der Waals surface area contributed by atoms with Crippen molar-refractivity contribution in [2.24, 2.45) is 11.8 Å². The second-order valence-electron chi connectivity index (χ2n) is 5.09. The smallest absolute Gasteiger partial charge is 0.211 e. The zero-order valence-corrected chi connectivity index (χ0v) is 12.0. The van der Waals surface area contributed by atoms with Crippen LogP contribution in [0.1, 0.15) is 25.7 Å². The molecule has 0 aliphatic carbocycles. The van der Waals surface area contributed by atoms with Gasteiger partial charge in [0.15, 0.2) is 0 Å². The predicted octanol–water partition coefficient (Wildman–Crippen LogP) is 1.08. The van der Waals surface area contributed by atoms with Crippen molar-refractivity contribution in [2.45, 2.75) is 25.7 Å². The lowest BCUT2D eigenvalue weighted by molar-refractivity contribution is 0.177. The Labute approximate surface area is 111 Å². The maximum Gasteiger partial charge on any atom is 0.211 e. The summed E-state index contributed by atoms with van der Waals surface area (Å²) in [5.74, 6) is 1.57. The second kappa shape index (κ2) is 6.36. The topological polar surface area (TPSA) is 49.4 Å². The van der Waals surface area contributed by atoms with Gasteiger partial charge in [0.1, 0.15) is 0 Å². The van der Waals surface area contributed by atoms with Crippen molar-refractivity contribution in [3.63, 3.8) is 0 Å². The van der Waals surface area contributed by atoms with Crippen molar-refractivity contribution < 1.29 is 8.42 Å². The summed E-state index contributed by atoms with van der Waals surface area (Å²) in [4.78, 5) is 0. The molecule has 0 amide bonds. The summed E-state index contributed by atoms with van der Waals surface area (Å²) in [5.41, 5.74) is 0. The fraction of sp³-hybridized carbons (Fsp3) is 1.00. The highest BCUT2D eigenvalue weighted by atomic mass is 35.5. The molecule has 102 valence electrons. The van der Waals surface area contributed by atoms with Crippen LogP contribution in [0.3, 0.4) is 0 Å². The van der Waals surface area contributed by atoms with Crippen molar-refractivity contribution in [3.05, 3.63) is 0 Å². The average Bonchev–Trinajstić information content (AvgIpc) is 2.29. The van der Waals surface area contributed by atoms with E-state index in [1.54, 1.807) is 4.31 Å². The average molecular weight is 283 g/mol. The molecular weight excluding hydrogens is 260 g/mol. The SMILES string of the molecule is CS(=O)(=O)N1CCC(C2CCNCC2)CC1.Cl. The number of nitrogens with zero attached hydrogens (tertiary/aromatic N) is 1. The normalized spacial score (nSPS) is 25.5. The molecule has 0 radical (unpaired) electrons. The molecule has 0 aromatic carbocycles. The molecule has 4 nitrogen and oxygen atoms in total. The molecule has 2 rings (SSSR count). The van der Waals surface area contributed by atoms with Gasteiger partial charge in [-0.15, -0.1) is 12.4 Å². The Morgan fingerprint density at radius 1 is 1.00 bits per heavy atom. The summed E-state index contributed by atoms with van der Waals surface area (Å²) < 4.78 is 24.4. The van der Waals surface area contributed by atoms with E-state index in [1.165, 1.54) is 19.1 Å². The van der Waals surface area contributed by atoms with Gasteiger partial charge >= 0.3 is 0 Å². The van der Waals surface area contributed by atoms with Crippen molar-refractivity contribution in [3.8, 4) is 0 Å². The zero-order valence-electron chi connectivity index (χ0n) is 10.4. The molecule has 0 unspecified atom stereocenters. The highest BCUT2D eigenvalue weighted by Crippen LogP contribution is 2.31. The minimum Gasteiger partial charge on any atom is -0.317 e. The van der Waals surface area contributed by atoms with Crippen LogP contribution in [0.2, 0.25) is 0 Å². The molecule has 2 fully saturated rings. The van der Waals surface area contributed by atoms with Gasteiger partial charge in [-0.2, -0.15) is 0 Å². The molecule has 6 heteroatoms. The summed E-state index contributed by atoms with van der Waals surface area (Å²) in [7, 11) is -2.96. The maximum absolute atomic E-state index is 11.4. The Bertz CT molecular complexity index is 320. The van der Waals surface area contributed by atoms with Gasteiger partial charge in [-0.3, -0.25) is 0 Å². The fourth-order valence-electron chi connectivity index (χ4n) is 2.99. The molecule has 0 atom stereocenters. The van der Waals surface area contributed by atoms with Crippen LogP contribution in [0, 0.1) is 11.8 Å². The lowest BCUT2D eigenvalue weighted by atomic mass is 9.79. The van der Waals surface area contributed by atoms with Crippen LogP contribution in [0.5, 0.6) is 0 Å². The van der Waals surface area contributed by atoms with Crippen molar-refractivity contribution >= 4 is 22.4 Å². The lowest BCUT2D eigenvalue weighted by Gasteiger charge is -2.36. The van der Waals surface area contributed by atoms with Crippen LogP contribution in [0.15, 0.2) is 0 Å². The molecule has 2 aliphatic heterocycles. The van der Waals surface area contributed by atoms with E-state index >= 15 is 0 Å². The molecule has 0 saturated carbocycles. The van der Waals surface area contributed by atoms with E-state index < -0.39 is 10.0 Å². The Kier molecular flexibility index (Phi) is 5.70. The highest BCUT2D eigenvalue weighted by molar-refractivity contribution is 7.88. The van der Waals surface area contributed by atoms with E-state index in [0.717, 1.165) is 50.9 Å². The fourth-order valence-corrected chi connectivity index (χ4v) is 3.87. The Morgan fingerprint density at radius 3 is 1.94 bits per heavy atom. The zero-order chi connectivity index (χ0) is 11.6. The van der Waals surface area contributed by atoms with Crippen molar-refractivity contribution in [1.29, 1.82) is 0 Å². The van der Waals surface area contributed by atoms with E-state index in [2.05, 4.69) is 5.32 Å². The highest BCUT2D eigenvalue weighted by Gasteiger charge is 2.30. The van der Waals surface area contributed by atoms with Crippen molar-refractivity contribution in [1.82, 2.24) is 9.62 Å². The lowest BCUT2D eigenvalue weighted by Crippen LogP contribution is -2.41. The summed E-state index contributed by atoms with van der Waals surface area (Å²) in [5, 5.41) is 3.38. The molecule has 2 aliphatic rings. The number of sulfonamides is 1. The molecule has 17 heavy (non-hydrogen) atoms. The van der Waals surface area contributed by atoms with Gasteiger partial charge in [-0.05, 0) is 50.6 Å². The van der Waals surface area contributed by atoms with Crippen LogP contribution < -0.4 is 5.32 Å². The van der Waals surface area contributed by atoms with Gasteiger partial charge in [-0.25, -0.2) is 12.7 Å². The monoisotopic (exact) mass is 282 g/mol. The molecule has 0 aromatic rings. The number of piperidine rings is 2. The summed E-state index contributed by atoms with van der Waals surface area (Å²) in [6, 6.07) is 0. The standard InChI is InChI=1S/C11H22N2O2S.ClH/c1-16(14,15)13-8-4-11(5-9-13)10-2-6-12-7-3-10;/h10-12H,2-9H2,1H3;1H. The number of rotatable bonds is 2. The third-order valence-corrected chi connectivity index (χ3v) is 5.32. The first kappa shape index (κ1) is 15.2. The van der Waals surface area contributed by atoms with Gasteiger partial charge in [0.05, 0.1) is 6.26 Å². The largest absolute Gasteiger partial charge is 0.317 e. The number of hydrogen-bond donors (Lipinski definition) is 1. The molecule has 0 spiro atoms. The Morgan fingerprint density at radius 2 is 1.47 bits per heavy atom. The molecule has 1 N–H and O–H groups in total. The molecular formula is C11H23ClN2O2S. The van der Waals surface area contributed by atoms with Gasteiger partial charge in [0, 0.05) is 13.1 Å². The van der Waals surface area contributed by atoms with Crippen molar-refractivity contribution in [2.75, 3.05) is 32.4 Å². The van der Waals surface area contributed by atoms with E-state index in [1.807, 2.05) is 0 Å². The first-order chi connectivity index (χ1) is 7.57. The van der Waals surface area contributed by atoms with Crippen LogP contribution in [0.4, 0.5) is 0 Å². The molecule has 2 saturated heterocycles. The van der Waals surface area contributed by atoms with Gasteiger partial charge in [0.2, 0.25) is 10.0 Å².